The molecule has 0 saturated heterocycles. The van der Waals surface area contributed by atoms with Crippen molar-refractivity contribution in [3.63, 3.8) is 0 Å². The Morgan fingerprint density at radius 1 is 1.12 bits per heavy atom. The van der Waals surface area contributed by atoms with Crippen LogP contribution >= 0.6 is 11.8 Å². The molecule has 3 rings (SSSR count). The molecule has 2 aromatic heterocycles. The van der Waals surface area contributed by atoms with Crippen LogP contribution in [0.2, 0.25) is 0 Å². The number of thioether (sulfide) groups is 1. The SMILES string of the molecule is Cc1ccc2c(CSCC(=O)Nn3c(C)ccc3C)cc(=O)oc2c1. The van der Waals surface area contributed by atoms with E-state index in [1.807, 2.05) is 51.1 Å². The maximum absolute atomic E-state index is 12.1. The molecule has 1 amide bonds. The summed E-state index contributed by atoms with van der Waals surface area (Å²) < 4.78 is 7.04. The topological polar surface area (TPSA) is 64.2 Å². The third kappa shape index (κ3) is 3.96. The summed E-state index contributed by atoms with van der Waals surface area (Å²) in [6.07, 6.45) is 0. The number of hydrogen-bond donors (Lipinski definition) is 1. The molecule has 0 radical (unpaired) electrons. The zero-order chi connectivity index (χ0) is 18.0. The monoisotopic (exact) mass is 356 g/mol. The number of rotatable bonds is 5. The Kier molecular flexibility index (Phi) is 4.99. The van der Waals surface area contributed by atoms with Gasteiger partial charge in [-0.05, 0) is 50.1 Å². The van der Waals surface area contributed by atoms with Gasteiger partial charge in [0, 0.05) is 28.6 Å². The van der Waals surface area contributed by atoms with Crippen molar-refractivity contribution in [2.24, 2.45) is 0 Å². The zero-order valence-electron chi connectivity index (χ0n) is 14.5. The molecule has 25 heavy (non-hydrogen) atoms. The van der Waals surface area contributed by atoms with Gasteiger partial charge in [-0.1, -0.05) is 12.1 Å². The minimum atomic E-state index is -0.364. The van der Waals surface area contributed by atoms with E-state index >= 15 is 0 Å². The van der Waals surface area contributed by atoms with Gasteiger partial charge in [-0.15, -0.1) is 11.8 Å². The Bertz CT molecular complexity index is 968. The Labute approximate surface area is 150 Å². The smallest absolute Gasteiger partial charge is 0.336 e. The molecule has 0 aliphatic carbocycles. The fourth-order valence-electron chi connectivity index (χ4n) is 2.71. The first-order valence-corrected chi connectivity index (χ1v) is 9.15. The van der Waals surface area contributed by atoms with Crippen molar-refractivity contribution in [1.82, 2.24) is 4.68 Å². The van der Waals surface area contributed by atoms with E-state index < -0.39 is 0 Å². The number of carbonyl (C=O) groups excluding carboxylic acids is 1. The van der Waals surface area contributed by atoms with Crippen LogP contribution in [0.4, 0.5) is 0 Å². The van der Waals surface area contributed by atoms with E-state index in [4.69, 9.17) is 4.42 Å². The average molecular weight is 356 g/mol. The number of carbonyl (C=O) groups is 1. The van der Waals surface area contributed by atoms with Gasteiger partial charge in [0.1, 0.15) is 5.58 Å². The number of nitrogens with zero attached hydrogens (tertiary/aromatic N) is 1. The fourth-order valence-corrected chi connectivity index (χ4v) is 3.52. The zero-order valence-corrected chi connectivity index (χ0v) is 15.3. The number of fused-ring (bicyclic) bond motifs is 1. The Balaban J connectivity index is 1.67. The second kappa shape index (κ2) is 7.19. The molecule has 1 aromatic carbocycles. The Morgan fingerprint density at radius 3 is 2.56 bits per heavy atom. The van der Waals surface area contributed by atoms with Crippen molar-refractivity contribution in [3.8, 4) is 0 Å². The third-order valence-electron chi connectivity index (χ3n) is 3.98. The molecule has 5 nitrogen and oxygen atoms in total. The van der Waals surface area contributed by atoms with Gasteiger partial charge >= 0.3 is 5.63 Å². The van der Waals surface area contributed by atoms with Crippen LogP contribution in [0.1, 0.15) is 22.5 Å². The summed E-state index contributed by atoms with van der Waals surface area (Å²) in [5, 5.41) is 0.912. The lowest BCUT2D eigenvalue weighted by Gasteiger charge is -2.11. The predicted octanol–water partition coefficient (Wildman–Crippen LogP) is 3.52. The first-order valence-electron chi connectivity index (χ1n) is 8.00. The molecular weight excluding hydrogens is 336 g/mol. The van der Waals surface area contributed by atoms with Crippen LogP contribution in [0.15, 0.2) is 45.6 Å². The standard InChI is InChI=1S/C19H20N2O3S/c1-12-4-7-16-15(9-19(23)24-17(16)8-12)10-25-11-18(22)20-21-13(2)5-6-14(21)3/h4-9H,10-11H2,1-3H3,(H,20,22). The number of nitrogens with one attached hydrogen (secondary N) is 1. The van der Waals surface area contributed by atoms with Gasteiger partial charge < -0.3 is 4.42 Å². The van der Waals surface area contributed by atoms with E-state index in [0.717, 1.165) is 27.9 Å². The van der Waals surface area contributed by atoms with E-state index in [0.29, 0.717) is 17.1 Å². The molecule has 130 valence electrons. The molecule has 3 aromatic rings. The molecule has 1 N–H and O–H groups in total. The first-order chi connectivity index (χ1) is 11.9. The third-order valence-corrected chi connectivity index (χ3v) is 4.97. The molecule has 0 saturated carbocycles. The number of amides is 1. The molecule has 2 heterocycles. The molecular formula is C19H20N2O3S. The van der Waals surface area contributed by atoms with Crippen molar-refractivity contribution < 1.29 is 9.21 Å². The molecule has 0 aliphatic heterocycles. The molecule has 0 aliphatic rings. The largest absolute Gasteiger partial charge is 0.423 e. The van der Waals surface area contributed by atoms with Crippen molar-refractivity contribution in [2.45, 2.75) is 26.5 Å². The predicted molar refractivity (Wildman–Crippen MR) is 102 cm³/mol. The second-order valence-corrected chi connectivity index (χ2v) is 7.06. The van der Waals surface area contributed by atoms with Crippen LogP contribution in [-0.4, -0.2) is 16.3 Å². The Morgan fingerprint density at radius 2 is 1.84 bits per heavy atom. The van der Waals surface area contributed by atoms with E-state index in [1.54, 1.807) is 4.68 Å². The van der Waals surface area contributed by atoms with Gasteiger partial charge in [-0.3, -0.25) is 14.9 Å². The molecule has 0 bridgehead atoms. The van der Waals surface area contributed by atoms with Gasteiger partial charge in [-0.2, -0.15) is 0 Å². The van der Waals surface area contributed by atoms with Crippen LogP contribution in [-0.2, 0) is 10.5 Å². The van der Waals surface area contributed by atoms with Crippen LogP contribution in [0, 0.1) is 20.8 Å². The highest BCUT2D eigenvalue weighted by Crippen LogP contribution is 2.22. The summed E-state index contributed by atoms with van der Waals surface area (Å²) in [4.78, 5) is 23.9. The summed E-state index contributed by atoms with van der Waals surface area (Å²) in [5.41, 5.74) is 7.00. The number of aryl methyl sites for hydroxylation is 3. The molecule has 0 unspecified atom stereocenters. The van der Waals surface area contributed by atoms with Crippen molar-refractivity contribution >= 4 is 28.6 Å². The number of hydrogen-bond acceptors (Lipinski definition) is 4. The van der Waals surface area contributed by atoms with Crippen LogP contribution in [0.25, 0.3) is 11.0 Å². The highest BCUT2D eigenvalue weighted by atomic mass is 32.2. The van der Waals surface area contributed by atoms with Crippen LogP contribution < -0.4 is 11.1 Å². The van der Waals surface area contributed by atoms with Crippen molar-refractivity contribution in [3.05, 3.63) is 69.3 Å². The Hall–Kier alpha value is -2.47. The van der Waals surface area contributed by atoms with Crippen molar-refractivity contribution in [1.29, 1.82) is 0 Å². The lowest BCUT2D eigenvalue weighted by molar-refractivity contribution is -0.114. The highest BCUT2D eigenvalue weighted by molar-refractivity contribution is 7.99. The van der Waals surface area contributed by atoms with Gasteiger partial charge in [0.15, 0.2) is 0 Å². The van der Waals surface area contributed by atoms with E-state index in [1.165, 1.54) is 17.8 Å². The van der Waals surface area contributed by atoms with Gasteiger partial charge in [-0.25, -0.2) is 4.79 Å². The maximum atomic E-state index is 12.1. The lowest BCUT2D eigenvalue weighted by Crippen LogP contribution is -2.26. The molecule has 0 atom stereocenters. The van der Waals surface area contributed by atoms with E-state index in [2.05, 4.69) is 5.43 Å². The van der Waals surface area contributed by atoms with Gasteiger partial charge in [0.25, 0.3) is 0 Å². The minimum absolute atomic E-state index is 0.0736. The fraction of sp³-hybridized carbons (Fsp3) is 0.263. The molecule has 6 heteroatoms. The highest BCUT2D eigenvalue weighted by Gasteiger charge is 2.09. The minimum Gasteiger partial charge on any atom is -0.423 e. The summed E-state index contributed by atoms with van der Waals surface area (Å²) >= 11 is 1.47. The van der Waals surface area contributed by atoms with Gasteiger partial charge in [0.2, 0.25) is 5.91 Å². The van der Waals surface area contributed by atoms with Crippen molar-refractivity contribution in [2.75, 3.05) is 11.2 Å². The average Bonchev–Trinajstić information content (AvgIpc) is 2.86. The number of aromatic nitrogens is 1. The summed E-state index contributed by atoms with van der Waals surface area (Å²) in [6.45, 7) is 5.84. The number of benzene rings is 1. The summed E-state index contributed by atoms with van der Waals surface area (Å²) in [5.74, 6) is 0.808. The second-order valence-electron chi connectivity index (χ2n) is 6.07. The van der Waals surface area contributed by atoms with E-state index in [9.17, 15) is 9.59 Å². The normalized spacial score (nSPS) is 11.0. The van der Waals surface area contributed by atoms with Crippen LogP contribution in [0.5, 0.6) is 0 Å². The summed E-state index contributed by atoms with van der Waals surface area (Å²) in [7, 11) is 0. The quantitative estimate of drug-likeness (QED) is 0.711. The summed E-state index contributed by atoms with van der Waals surface area (Å²) in [6, 6.07) is 11.2. The van der Waals surface area contributed by atoms with Crippen LogP contribution in [0.3, 0.4) is 0 Å². The maximum Gasteiger partial charge on any atom is 0.336 e. The first kappa shape index (κ1) is 17.4. The molecule has 0 fully saturated rings. The molecule has 0 spiro atoms. The van der Waals surface area contributed by atoms with E-state index in [-0.39, 0.29) is 11.5 Å². The lowest BCUT2D eigenvalue weighted by atomic mass is 10.1. The van der Waals surface area contributed by atoms with Gasteiger partial charge in [0.05, 0.1) is 5.75 Å².